The number of ether oxygens (including phenoxy) is 2. The summed E-state index contributed by atoms with van der Waals surface area (Å²) in [6, 6.07) is 6.49. The summed E-state index contributed by atoms with van der Waals surface area (Å²) < 4.78 is 12.9. The number of piperazine rings is 1. The normalized spacial score (nSPS) is 18.1. The number of H-pyrrole nitrogens is 1. The smallest absolute Gasteiger partial charge is 0.173 e. The molecule has 1 aliphatic carbocycles. The minimum Gasteiger partial charge on any atom is -0.497 e. The van der Waals surface area contributed by atoms with Crippen molar-refractivity contribution in [3.63, 3.8) is 0 Å². The van der Waals surface area contributed by atoms with Crippen LogP contribution in [0.5, 0.6) is 11.5 Å². The summed E-state index contributed by atoms with van der Waals surface area (Å²) in [6.45, 7) is 6.31. The molecule has 182 valence electrons. The van der Waals surface area contributed by atoms with Crippen molar-refractivity contribution in [1.82, 2.24) is 29.3 Å². The molecule has 3 heterocycles. The van der Waals surface area contributed by atoms with Crippen molar-refractivity contribution in [3.05, 3.63) is 30.0 Å². The Morgan fingerprint density at radius 3 is 2.62 bits per heavy atom. The lowest BCUT2D eigenvalue weighted by Crippen LogP contribution is -2.50. The number of hydrogen-bond donors (Lipinski definition) is 2. The lowest BCUT2D eigenvalue weighted by Gasteiger charge is -2.38. The minimum absolute atomic E-state index is 0.202. The van der Waals surface area contributed by atoms with Gasteiger partial charge in [0.1, 0.15) is 17.0 Å². The van der Waals surface area contributed by atoms with Gasteiger partial charge in [0.05, 0.1) is 25.4 Å². The Morgan fingerprint density at radius 1 is 1.09 bits per heavy atom. The third-order valence-corrected chi connectivity index (χ3v) is 7.91. The highest BCUT2D eigenvalue weighted by atomic mass is 32.2. The van der Waals surface area contributed by atoms with E-state index in [2.05, 4.69) is 24.3 Å². The van der Waals surface area contributed by atoms with Crippen LogP contribution in [-0.4, -0.2) is 82.3 Å². The second kappa shape index (κ2) is 10.4. The molecule has 2 N–H and O–H groups in total. The average molecular weight is 484 g/mol. The van der Waals surface area contributed by atoms with Crippen LogP contribution in [0, 0.1) is 5.41 Å². The van der Waals surface area contributed by atoms with Gasteiger partial charge in [-0.25, -0.2) is 9.97 Å². The molecule has 0 spiro atoms. The van der Waals surface area contributed by atoms with E-state index in [-0.39, 0.29) is 5.49 Å². The maximum atomic E-state index is 8.26. The van der Waals surface area contributed by atoms with E-state index in [1.54, 1.807) is 20.5 Å². The summed E-state index contributed by atoms with van der Waals surface area (Å²) >= 11 is 1.46. The van der Waals surface area contributed by atoms with E-state index in [1.807, 2.05) is 18.2 Å². The number of aromatic nitrogens is 4. The highest BCUT2D eigenvalue weighted by Gasteiger charge is 2.26. The lowest BCUT2D eigenvalue weighted by atomic mass is 10.2. The van der Waals surface area contributed by atoms with Gasteiger partial charge in [-0.15, -0.1) is 0 Å². The Kier molecular flexibility index (Phi) is 7.07. The van der Waals surface area contributed by atoms with E-state index in [0.29, 0.717) is 10.7 Å². The Balaban J connectivity index is 1.28. The van der Waals surface area contributed by atoms with E-state index in [0.717, 1.165) is 54.3 Å². The second-order valence-electron chi connectivity index (χ2n) is 8.96. The van der Waals surface area contributed by atoms with Gasteiger partial charge >= 0.3 is 0 Å². The third kappa shape index (κ3) is 4.94. The number of rotatable bonds is 8. The molecule has 0 atom stereocenters. The van der Waals surface area contributed by atoms with Gasteiger partial charge in [0.15, 0.2) is 16.3 Å². The molecule has 9 nitrogen and oxygen atoms in total. The predicted octanol–water partition coefficient (Wildman–Crippen LogP) is 2.97. The monoisotopic (exact) mass is 483 g/mol. The fourth-order valence-electron chi connectivity index (χ4n) is 5.01. The number of nitrogens with one attached hydrogen (secondary N) is 2. The molecule has 2 aromatic heterocycles. The molecule has 10 heteroatoms. The zero-order valence-electron chi connectivity index (χ0n) is 19.9. The molecule has 2 fully saturated rings. The van der Waals surface area contributed by atoms with Gasteiger partial charge in [-0.1, -0.05) is 12.8 Å². The SMILES string of the molecule is COc1ccc(OC)c(Sc2nc3c([nH]2)c(=N)ncn3CCN2CCN(C3CCCC3)CC2)c1. The first-order chi connectivity index (χ1) is 16.6. The Hall–Kier alpha value is -2.56. The van der Waals surface area contributed by atoms with E-state index >= 15 is 0 Å². The number of methoxy groups -OCH3 is 2. The molecule has 1 aromatic carbocycles. The van der Waals surface area contributed by atoms with Crippen LogP contribution < -0.4 is 15.0 Å². The minimum atomic E-state index is 0.202. The number of hydrogen-bond acceptors (Lipinski definition) is 8. The fraction of sp³-hybridized carbons (Fsp3) is 0.542. The molecule has 0 amide bonds. The summed E-state index contributed by atoms with van der Waals surface area (Å²) in [6.07, 6.45) is 7.27. The van der Waals surface area contributed by atoms with Crippen molar-refractivity contribution in [2.45, 2.75) is 48.3 Å². The van der Waals surface area contributed by atoms with E-state index < -0.39 is 0 Å². The largest absolute Gasteiger partial charge is 0.497 e. The Labute approximate surface area is 204 Å². The van der Waals surface area contributed by atoms with Crippen LogP contribution >= 0.6 is 11.8 Å². The number of fused-ring (bicyclic) bond motifs is 1. The number of nitrogens with zero attached hydrogens (tertiary/aromatic N) is 5. The predicted molar refractivity (Wildman–Crippen MR) is 132 cm³/mol. The molecule has 3 aromatic rings. The van der Waals surface area contributed by atoms with Crippen LogP contribution in [0.3, 0.4) is 0 Å². The van der Waals surface area contributed by atoms with E-state index in [1.165, 1.54) is 50.5 Å². The summed E-state index contributed by atoms with van der Waals surface area (Å²) in [5.74, 6) is 1.51. The van der Waals surface area contributed by atoms with Crippen LogP contribution in [0.4, 0.5) is 0 Å². The molecule has 2 aliphatic rings. The molecule has 0 bridgehead atoms. The van der Waals surface area contributed by atoms with E-state index in [4.69, 9.17) is 19.9 Å². The summed E-state index contributed by atoms with van der Waals surface area (Å²) in [4.78, 5) is 18.5. The van der Waals surface area contributed by atoms with Gasteiger partial charge in [0.2, 0.25) is 0 Å². The van der Waals surface area contributed by atoms with Gasteiger partial charge in [-0.2, -0.15) is 0 Å². The van der Waals surface area contributed by atoms with Gasteiger partial charge in [0.25, 0.3) is 0 Å². The molecule has 5 rings (SSSR count). The molecular formula is C24H33N7O2S. The van der Waals surface area contributed by atoms with Crippen molar-refractivity contribution < 1.29 is 9.47 Å². The van der Waals surface area contributed by atoms with E-state index in [9.17, 15) is 0 Å². The van der Waals surface area contributed by atoms with Crippen LogP contribution in [0.2, 0.25) is 0 Å². The standard InChI is InChI=1S/C24H33N7O2S/c1-32-18-7-8-19(33-2)20(15-18)34-24-27-21-22(25)26-16-31(23(21)28-24)14-11-29-9-12-30(13-10-29)17-5-3-4-6-17/h7-8,15-17,25H,3-6,9-14H2,1-2H3,(H,27,28). The summed E-state index contributed by atoms with van der Waals surface area (Å²) in [7, 11) is 3.30. The molecule has 1 saturated carbocycles. The van der Waals surface area contributed by atoms with Gasteiger partial charge in [0, 0.05) is 45.3 Å². The van der Waals surface area contributed by atoms with Crippen LogP contribution in [0.1, 0.15) is 25.7 Å². The lowest BCUT2D eigenvalue weighted by molar-refractivity contribution is 0.0958. The summed E-state index contributed by atoms with van der Waals surface area (Å²) in [5.41, 5.74) is 1.61. The molecule has 1 aliphatic heterocycles. The highest BCUT2D eigenvalue weighted by molar-refractivity contribution is 7.99. The zero-order valence-corrected chi connectivity index (χ0v) is 20.7. The van der Waals surface area contributed by atoms with Gasteiger partial charge in [-0.3, -0.25) is 15.2 Å². The van der Waals surface area contributed by atoms with Crippen molar-refractivity contribution >= 4 is 22.9 Å². The average Bonchev–Trinajstić information content (AvgIpc) is 3.55. The molecule has 1 saturated heterocycles. The molecule has 34 heavy (non-hydrogen) atoms. The molecule has 0 radical (unpaired) electrons. The highest BCUT2D eigenvalue weighted by Crippen LogP contribution is 2.36. The second-order valence-corrected chi connectivity index (χ2v) is 9.99. The van der Waals surface area contributed by atoms with Crippen molar-refractivity contribution in [2.24, 2.45) is 0 Å². The maximum Gasteiger partial charge on any atom is 0.173 e. The van der Waals surface area contributed by atoms with Crippen molar-refractivity contribution in [3.8, 4) is 11.5 Å². The maximum absolute atomic E-state index is 8.26. The van der Waals surface area contributed by atoms with Crippen LogP contribution in [0.25, 0.3) is 11.2 Å². The molecular weight excluding hydrogens is 450 g/mol. The number of benzene rings is 1. The quantitative estimate of drug-likeness (QED) is 0.509. The molecule has 0 unspecified atom stereocenters. The first kappa shape index (κ1) is 23.2. The first-order valence-electron chi connectivity index (χ1n) is 12.0. The Morgan fingerprint density at radius 2 is 1.88 bits per heavy atom. The number of imidazole rings is 1. The van der Waals surface area contributed by atoms with Crippen molar-refractivity contribution in [2.75, 3.05) is 46.9 Å². The number of aromatic amines is 1. The zero-order chi connectivity index (χ0) is 23.5. The Bertz CT molecular complexity index is 1180. The fourth-order valence-corrected chi connectivity index (χ4v) is 5.93. The third-order valence-electron chi connectivity index (χ3n) is 6.98. The van der Waals surface area contributed by atoms with Crippen LogP contribution in [-0.2, 0) is 6.54 Å². The first-order valence-corrected chi connectivity index (χ1v) is 12.8. The van der Waals surface area contributed by atoms with Crippen LogP contribution in [0.15, 0.2) is 34.6 Å². The van der Waals surface area contributed by atoms with Crippen molar-refractivity contribution in [1.29, 1.82) is 5.41 Å². The van der Waals surface area contributed by atoms with Gasteiger partial charge < -0.3 is 19.0 Å². The topological polar surface area (TPSA) is 95.3 Å². The van der Waals surface area contributed by atoms with Gasteiger partial charge in [-0.05, 0) is 42.8 Å². The summed E-state index contributed by atoms with van der Waals surface area (Å²) in [5, 5.41) is 8.96.